The maximum absolute atomic E-state index is 12.5. The second-order valence-electron chi connectivity index (χ2n) is 13.4. The fraction of sp³-hybridized carbons (Fsp3) is 0.871. The van der Waals surface area contributed by atoms with Crippen molar-refractivity contribution in [2.24, 2.45) is 0 Å². The third-order valence-corrected chi connectivity index (χ3v) is 9.16. The third-order valence-electron chi connectivity index (χ3n) is 9.16. The van der Waals surface area contributed by atoms with E-state index in [1.54, 1.807) is 0 Å². The van der Waals surface area contributed by atoms with E-state index in [1.165, 1.54) is 0 Å². The van der Waals surface area contributed by atoms with Crippen LogP contribution in [0.1, 0.15) is 28.6 Å². The average molecular weight is 861 g/mol. The summed E-state index contributed by atoms with van der Waals surface area (Å²) in [7, 11) is 0. The molecule has 4 heterocycles. The molecule has 0 aromatic rings. The number of aliphatic hydroxyl groups is 11. The van der Waals surface area contributed by atoms with Gasteiger partial charge in [0.25, 0.3) is 0 Å². The van der Waals surface area contributed by atoms with E-state index >= 15 is 0 Å². The van der Waals surface area contributed by atoms with Crippen LogP contribution in [0.15, 0.2) is 0 Å². The first kappa shape index (κ1) is 52.3. The Labute approximate surface area is 352 Å². The summed E-state index contributed by atoms with van der Waals surface area (Å²) < 4.78 is 38.0. The molecule has 0 aromatic heterocycles. The average Bonchev–Trinajstić information content (AvgIpc) is 3.15. The molecule has 20 atom stereocenters. The molecule has 332 valence electrons. The van der Waals surface area contributed by atoms with Crippen molar-refractivity contribution in [2.45, 2.75) is 150 Å². The first-order valence-corrected chi connectivity index (χ1v) is 17.6. The molecule has 0 aliphatic carbocycles. The second-order valence-corrected chi connectivity index (χ2v) is 13.4. The van der Waals surface area contributed by atoms with Gasteiger partial charge in [-0.25, -0.2) is 9.59 Å². The van der Waals surface area contributed by atoms with E-state index in [0.717, 1.165) is 20.3 Å². The first-order valence-electron chi connectivity index (χ1n) is 17.6. The smallest absolute Gasteiger partial charge is 1.00 e. The number of hydrogen-bond donors (Lipinski definition) is 15. The molecule has 0 radical (unpaired) electrons. The maximum atomic E-state index is 12.5. The van der Waals surface area contributed by atoms with Crippen LogP contribution in [0.2, 0.25) is 0 Å². The zero-order chi connectivity index (χ0) is 43.0. The van der Waals surface area contributed by atoms with Crippen LogP contribution in [0.5, 0.6) is 0 Å². The van der Waals surface area contributed by atoms with E-state index in [9.17, 15) is 80.5 Å². The molecule has 0 saturated carbocycles. The number of nitrogens with one attached hydrogen (secondary N) is 2. The van der Waals surface area contributed by atoms with Gasteiger partial charge in [-0.15, -0.1) is 0 Å². The molecule has 0 unspecified atom stereocenters. The molecular formula is C31H53N2NaO24. The number of hydrogen-bond acceptors (Lipinski definition) is 22. The van der Waals surface area contributed by atoms with Crippen molar-refractivity contribution in [2.75, 3.05) is 19.8 Å². The summed E-state index contributed by atoms with van der Waals surface area (Å²) in [5.74, 6) is -5.28. The molecule has 27 heteroatoms. The van der Waals surface area contributed by atoms with Crippen LogP contribution in [-0.2, 0) is 52.3 Å². The Morgan fingerprint density at radius 2 is 0.966 bits per heavy atom. The number of aliphatic hydroxyl groups excluding tert-OH is 11. The molecule has 0 bridgehead atoms. The zero-order valence-electron chi connectivity index (χ0n) is 32.7. The van der Waals surface area contributed by atoms with E-state index in [2.05, 4.69) is 10.6 Å². The van der Waals surface area contributed by atoms with Gasteiger partial charge in [-0.05, 0) is 6.42 Å². The van der Waals surface area contributed by atoms with Crippen molar-refractivity contribution in [1.82, 2.24) is 10.6 Å². The Hall–Kier alpha value is -1.84. The summed E-state index contributed by atoms with van der Waals surface area (Å²) in [5.41, 5.74) is 0. The molecule has 4 aliphatic heterocycles. The van der Waals surface area contributed by atoms with Gasteiger partial charge in [-0.3, -0.25) is 9.59 Å². The van der Waals surface area contributed by atoms with Crippen LogP contribution < -0.4 is 40.2 Å². The van der Waals surface area contributed by atoms with Crippen molar-refractivity contribution in [3.63, 3.8) is 0 Å². The monoisotopic (exact) mass is 860 g/mol. The predicted octanol–water partition coefficient (Wildman–Crippen LogP) is -11.8. The summed E-state index contributed by atoms with van der Waals surface area (Å²) >= 11 is 0. The van der Waals surface area contributed by atoms with Gasteiger partial charge in [0, 0.05) is 20.5 Å². The van der Waals surface area contributed by atoms with Gasteiger partial charge in [0.05, 0.1) is 13.2 Å². The Bertz CT molecular complexity index is 1340. The molecular weight excluding hydrogens is 807 g/mol. The van der Waals surface area contributed by atoms with Crippen molar-refractivity contribution >= 4 is 23.8 Å². The molecule has 4 fully saturated rings. The minimum absolute atomic E-state index is 0. The standard InChI is InChI=1S/C28H44N2O23.C3H8O.Na.H/c1-5(33)29-9-18(11(35)7(3-31)47-25(9)46)49-28-17(41)15(39)20(22(53-28)24(44)45)51-26-10(30-6(2)34)19(12(36)8(4-32)48-26)50-27-16(40)13(37)14(38)21(52-27)23(42)43;1-2-3-4;;/h7-22,25-28,31-32,35-41,46H,3-4H2,1-2H3,(H,29,33)(H,30,34)(H,42,43)(H,44,45);4H,2-3H2,1H3;;/q;;+1;-1/t7-,8-,9-,10-,11-,12-,13+,14+,15-,16-,17-,18-,19-,20+,21+,22+,25-,26+,27-,28-;;;/m1.../s1. The number of carbonyl (C=O) groups excluding carboxylic acids is 2. The van der Waals surface area contributed by atoms with Crippen LogP contribution in [0, 0.1) is 0 Å². The van der Waals surface area contributed by atoms with Gasteiger partial charge < -0.3 is 112 Å². The minimum Gasteiger partial charge on any atom is -1.00 e. The Morgan fingerprint density at radius 1 is 0.552 bits per heavy atom. The van der Waals surface area contributed by atoms with Crippen molar-refractivity contribution in [1.29, 1.82) is 0 Å². The van der Waals surface area contributed by atoms with Crippen LogP contribution in [0.25, 0.3) is 0 Å². The number of carboxylic acids is 2. The number of carboxylic acid groups (broad SMARTS) is 2. The predicted molar refractivity (Wildman–Crippen MR) is 177 cm³/mol. The summed E-state index contributed by atoms with van der Waals surface area (Å²) in [6, 6.07) is -3.38. The van der Waals surface area contributed by atoms with Gasteiger partial charge in [0.15, 0.2) is 37.4 Å². The first-order chi connectivity index (χ1) is 26.7. The number of carbonyl (C=O) groups is 4. The quantitative estimate of drug-likeness (QED) is 0.0765. The molecule has 4 rings (SSSR count). The van der Waals surface area contributed by atoms with Gasteiger partial charge in [-0.1, -0.05) is 6.92 Å². The minimum atomic E-state index is -2.30. The molecule has 4 saturated heterocycles. The van der Waals surface area contributed by atoms with Gasteiger partial charge in [0.2, 0.25) is 11.8 Å². The molecule has 15 N–H and O–H groups in total. The fourth-order valence-electron chi connectivity index (χ4n) is 6.30. The van der Waals surface area contributed by atoms with Crippen LogP contribution in [0.3, 0.4) is 0 Å². The molecule has 26 nitrogen and oxygen atoms in total. The largest absolute Gasteiger partial charge is 1.00 e. The summed E-state index contributed by atoms with van der Waals surface area (Å²) in [4.78, 5) is 48.2. The van der Waals surface area contributed by atoms with E-state index in [1.807, 2.05) is 6.92 Å². The zero-order valence-corrected chi connectivity index (χ0v) is 33.7. The summed E-state index contributed by atoms with van der Waals surface area (Å²) in [5, 5.41) is 137. The number of ether oxygens (including phenoxy) is 7. The van der Waals surface area contributed by atoms with Crippen molar-refractivity contribution in [3.8, 4) is 0 Å². The Kier molecular flexibility index (Phi) is 21.1. The summed E-state index contributed by atoms with van der Waals surface area (Å²) in [6.45, 7) is 2.37. The molecule has 4 aliphatic rings. The van der Waals surface area contributed by atoms with Gasteiger partial charge >= 0.3 is 41.5 Å². The van der Waals surface area contributed by atoms with Gasteiger partial charge in [-0.2, -0.15) is 0 Å². The van der Waals surface area contributed by atoms with Crippen molar-refractivity contribution < 1.29 is 150 Å². The second kappa shape index (κ2) is 23.4. The SMILES string of the molecule is CC(=O)N[C@@H]1[C@@H](O[C@@H]2O[C@H](C(=O)O)[C@@H](O[C@@H]3O[C@H](CO)[C@@H](O)[C@H](O[C@@H]4O[C@H](C(=O)O)[C@@H](O)[C@H](O)[C@H]4O)[C@H]3NC(C)=O)[C@H](O)[C@H]2O)[C@H](O)[C@@H](CO)O[C@H]1O.CCCO.[H-].[Na+]. The summed E-state index contributed by atoms with van der Waals surface area (Å²) in [6.07, 6.45) is -35.7. The number of rotatable bonds is 13. The van der Waals surface area contributed by atoms with Gasteiger partial charge in [0.1, 0.15) is 85.3 Å². The topological polar surface area (TPSA) is 420 Å². The maximum Gasteiger partial charge on any atom is 1.00 e. The number of aliphatic carboxylic acids is 2. The van der Waals surface area contributed by atoms with E-state index in [-0.39, 0.29) is 31.0 Å². The van der Waals surface area contributed by atoms with Crippen LogP contribution in [-0.4, -0.2) is 233 Å². The van der Waals surface area contributed by atoms with Crippen LogP contribution in [0.4, 0.5) is 0 Å². The third kappa shape index (κ3) is 12.4. The van der Waals surface area contributed by atoms with E-state index in [0.29, 0.717) is 6.61 Å². The molecule has 0 aromatic carbocycles. The molecule has 58 heavy (non-hydrogen) atoms. The molecule has 2 amide bonds. The van der Waals surface area contributed by atoms with Crippen molar-refractivity contribution in [3.05, 3.63) is 0 Å². The Morgan fingerprint density at radius 3 is 1.41 bits per heavy atom. The van der Waals surface area contributed by atoms with Crippen LogP contribution >= 0.6 is 0 Å². The van der Waals surface area contributed by atoms with E-state index in [4.69, 9.17) is 38.3 Å². The normalized spacial score (nSPS) is 42.8. The fourth-order valence-corrected chi connectivity index (χ4v) is 6.30. The Balaban J connectivity index is 0.00000277. The number of amides is 2. The molecule has 0 spiro atoms. The van der Waals surface area contributed by atoms with E-state index < -0.39 is 160 Å².